The summed E-state index contributed by atoms with van der Waals surface area (Å²) in [5.74, 6) is 0. The summed E-state index contributed by atoms with van der Waals surface area (Å²) in [5.41, 5.74) is 5.93. The summed E-state index contributed by atoms with van der Waals surface area (Å²) in [6, 6.07) is 17.9. The Balaban J connectivity index is 1.86. The molecular formula is C16H14BrN5. The lowest BCUT2D eigenvalue weighted by Crippen LogP contribution is -2.14. The summed E-state index contributed by atoms with van der Waals surface area (Å²) in [6.07, 6.45) is 3.20. The molecule has 6 heteroatoms. The first kappa shape index (κ1) is 14.5. The lowest BCUT2D eigenvalue weighted by molar-refractivity contribution is 0.721. The molecule has 0 aliphatic carbocycles. The summed E-state index contributed by atoms with van der Waals surface area (Å²) in [6.45, 7) is 0.543. The van der Waals surface area contributed by atoms with Gasteiger partial charge in [0.05, 0.1) is 17.9 Å². The zero-order chi connectivity index (χ0) is 15.2. The highest BCUT2D eigenvalue weighted by atomic mass is 79.9. The van der Waals surface area contributed by atoms with E-state index in [2.05, 4.69) is 36.5 Å². The van der Waals surface area contributed by atoms with E-state index in [0.717, 1.165) is 21.4 Å². The van der Waals surface area contributed by atoms with Crippen molar-refractivity contribution < 1.29 is 0 Å². The van der Waals surface area contributed by atoms with Crippen molar-refractivity contribution in [3.63, 3.8) is 0 Å². The predicted octanol–water partition coefficient (Wildman–Crippen LogP) is 3.56. The van der Waals surface area contributed by atoms with E-state index in [0.29, 0.717) is 6.54 Å². The first-order valence-electron chi connectivity index (χ1n) is 6.77. The van der Waals surface area contributed by atoms with E-state index >= 15 is 0 Å². The summed E-state index contributed by atoms with van der Waals surface area (Å²) in [4.78, 5) is 3.97. The van der Waals surface area contributed by atoms with Crippen LogP contribution in [0.2, 0.25) is 0 Å². The molecule has 22 heavy (non-hydrogen) atoms. The van der Waals surface area contributed by atoms with Crippen LogP contribution in [0.4, 0.5) is 5.69 Å². The smallest absolute Gasteiger partial charge is 0.137 e. The molecule has 2 aromatic carbocycles. The minimum atomic E-state index is 0.543. The van der Waals surface area contributed by atoms with Crippen LogP contribution < -0.4 is 5.43 Å². The van der Waals surface area contributed by atoms with Gasteiger partial charge in [-0.2, -0.15) is 10.2 Å². The van der Waals surface area contributed by atoms with Gasteiger partial charge in [0.15, 0.2) is 0 Å². The second-order valence-corrected chi connectivity index (χ2v) is 5.55. The number of nitrogens with zero attached hydrogens (tertiary/aromatic N) is 4. The molecule has 0 saturated carbocycles. The third-order valence-corrected chi connectivity index (χ3v) is 3.58. The molecule has 0 radical (unpaired) electrons. The maximum Gasteiger partial charge on any atom is 0.137 e. The molecule has 0 amide bonds. The Morgan fingerprint density at radius 1 is 1.09 bits per heavy atom. The fraction of sp³-hybridized carbons (Fsp3) is 0.0625. The highest BCUT2D eigenvalue weighted by molar-refractivity contribution is 9.10. The van der Waals surface area contributed by atoms with E-state index in [1.807, 2.05) is 54.6 Å². The molecule has 0 unspecified atom stereocenters. The number of halogens is 1. The Morgan fingerprint density at radius 3 is 2.55 bits per heavy atom. The van der Waals surface area contributed by atoms with Gasteiger partial charge in [-0.05, 0) is 29.8 Å². The number of anilines is 1. The first-order valence-corrected chi connectivity index (χ1v) is 7.56. The van der Waals surface area contributed by atoms with E-state index in [4.69, 9.17) is 0 Å². The minimum Gasteiger partial charge on any atom is -0.278 e. The predicted molar refractivity (Wildman–Crippen MR) is 90.8 cm³/mol. The largest absolute Gasteiger partial charge is 0.278 e. The maximum atomic E-state index is 4.53. The van der Waals surface area contributed by atoms with Crippen LogP contribution >= 0.6 is 15.9 Å². The van der Waals surface area contributed by atoms with Crippen LogP contribution in [0.15, 0.2) is 76.8 Å². The van der Waals surface area contributed by atoms with Crippen LogP contribution in [0.3, 0.4) is 0 Å². The molecule has 0 aliphatic heterocycles. The summed E-state index contributed by atoms with van der Waals surface area (Å²) >= 11 is 3.45. The molecule has 0 bridgehead atoms. The van der Waals surface area contributed by atoms with E-state index in [1.54, 1.807) is 11.0 Å². The Labute approximate surface area is 136 Å². The van der Waals surface area contributed by atoms with Crippen LogP contribution in [-0.2, 0) is 6.54 Å². The van der Waals surface area contributed by atoms with Crippen molar-refractivity contribution in [2.45, 2.75) is 6.54 Å². The van der Waals surface area contributed by atoms with E-state index in [1.165, 1.54) is 6.33 Å². The fourth-order valence-electron chi connectivity index (χ4n) is 1.95. The average molecular weight is 356 g/mol. The van der Waals surface area contributed by atoms with Gasteiger partial charge < -0.3 is 0 Å². The zero-order valence-electron chi connectivity index (χ0n) is 11.7. The van der Waals surface area contributed by atoms with Gasteiger partial charge in [-0.1, -0.05) is 46.3 Å². The van der Waals surface area contributed by atoms with Gasteiger partial charge >= 0.3 is 0 Å². The summed E-state index contributed by atoms with van der Waals surface area (Å²) < 4.78 is 2.78. The van der Waals surface area contributed by atoms with E-state index in [-0.39, 0.29) is 0 Å². The number of benzene rings is 2. The maximum absolute atomic E-state index is 4.53. The van der Waals surface area contributed by atoms with Gasteiger partial charge in [-0.25, -0.2) is 9.67 Å². The Kier molecular flexibility index (Phi) is 4.60. The van der Waals surface area contributed by atoms with Crippen molar-refractivity contribution in [1.82, 2.24) is 14.8 Å². The Bertz CT molecular complexity index is 736. The molecule has 0 saturated heterocycles. The highest BCUT2D eigenvalue weighted by Gasteiger charge is 2.06. The van der Waals surface area contributed by atoms with Gasteiger partial charge in [0.1, 0.15) is 12.7 Å². The van der Waals surface area contributed by atoms with Gasteiger partial charge in [-0.3, -0.25) is 5.43 Å². The molecule has 0 aliphatic rings. The van der Waals surface area contributed by atoms with Gasteiger partial charge in [0.2, 0.25) is 0 Å². The fourth-order valence-corrected chi connectivity index (χ4v) is 2.21. The summed E-state index contributed by atoms with van der Waals surface area (Å²) in [7, 11) is 0. The summed E-state index contributed by atoms with van der Waals surface area (Å²) in [5, 5.41) is 8.67. The quantitative estimate of drug-likeness (QED) is 0.562. The second kappa shape index (κ2) is 7.00. The average Bonchev–Trinajstić information content (AvgIpc) is 3.06. The third kappa shape index (κ3) is 3.79. The number of aromatic nitrogens is 3. The van der Waals surface area contributed by atoms with Crippen LogP contribution in [0.1, 0.15) is 5.56 Å². The lowest BCUT2D eigenvalue weighted by Gasteiger charge is -2.08. The number of nitrogens with one attached hydrogen (secondary N) is 1. The van der Waals surface area contributed by atoms with Gasteiger partial charge in [0, 0.05) is 4.47 Å². The number of hydrogen-bond acceptors (Lipinski definition) is 4. The van der Waals surface area contributed by atoms with E-state index in [9.17, 15) is 0 Å². The van der Waals surface area contributed by atoms with Crippen molar-refractivity contribution in [2.24, 2.45) is 5.10 Å². The molecule has 3 aromatic rings. The molecule has 0 spiro atoms. The highest BCUT2D eigenvalue weighted by Crippen LogP contribution is 2.13. The van der Waals surface area contributed by atoms with Gasteiger partial charge in [0.25, 0.3) is 0 Å². The molecule has 0 atom stereocenters. The van der Waals surface area contributed by atoms with Crippen molar-refractivity contribution in [2.75, 3.05) is 5.43 Å². The minimum absolute atomic E-state index is 0.543. The van der Waals surface area contributed by atoms with Crippen molar-refractivity contribution in [1.29, 1.82) is 0 Å². The Hall–Kier alpha value is -2.47. The molecular weight excluding hydrogens is 342 g/mol. The molecule has 1 aromatic heterocycles. The molecule has 110 valence electrons. The van der Waals surface area contributed by atoms with Crippen molar-refractivity contribution in [3.05, 3.63) is 77.3 Å². The zero-order valence-corrected chi connectivity index (χ0v) is 13.3. The molecule has 0 fully saturated rings. The molecule has 1 heterocycles. The number of hydrogen-bond donors (Lipinski definition) is 1. The monoisotopic (exact) mass is 355 g/mol. The lowest BCUT2D eigenvalue weighted by atomic mass is 10.1. The van der Waals surface area contributed by atoms with Crippen LogP contribution in [-0.4, -0.2) is 20.5 Å². The number of hydrazone groups is 1. The number of para-hydroxylation sites is 1. The standard InChI is InChI=1S/C16H14BrN5/c17-14-8-6-13(7-9-14)16(10-22-12-18-11-19-22)21-20-15-4-2-1-3-5-15/h1-9,11-12,20H,10H2/b21-16+. The van der Waals surface area contributed by atoms with Crippen LogP contribution in [0.25, 0.3) is 0 Å². The van der Waals surface area contributed by atoms with Crippen molar-refractivity contribution in [3.8, 4) is 0 Å². The third-order valence-electron chi connectivity index (χ3n) is 3.05. The van der Waals surface area contributed by atoms with E-state index < -0.39 is 0 Å². The van der Waals surface area contributed by atoms with Crippen LogP contribution in [0, 0.1) is 0 Å². The van der Waals surface area contributed by atoms with Crippen LogP contribution in [0.5, 0.6) is 0 Å². The topological polar surface area (TPSA) is 55.1 Å². The first-order chi connectivity index (χ1) is 10.8. The SMILES string of the molecule is Brc1ccc(/C(Cn2cncn2)=N/Nc2ccccc2)cc1. The molecule has 1 N–H and O–H groups in total. The van der Waals surface area contributed by atoms with Gasteiger partial charge in [-0.15, -0.1) is 0 Å². The molecule has 3 rings (SSSR count). The number of rotatable bonds is 5. The molecule has 5 nitrogen and oxygen atoms in total. The second-order valence-electron chi connectivity index (χ2n) is 4.64. The van der Waals surface area contributed by atoms with Crippen molar-refractivity contribution >= 4 is 27.3 Å². The Morgan fingerprint density at radius 2 is 1.86 bits per heavy atom. The normalized spacial score (nSPS) is 11.4.